The number of fused-ring (bicyclic) bond motifs is 3. The van der Waals surface area contributed by atoms with Crippen LogP contribution in [0.15, 0.2) is 259 Å². The van der Waals surface area contributed by atoms with Crippen LogP contribution in [0.2, 0.25) is 0 Å². The highest BCUT2D eigenvalue weighted by Gasteiger charge is 2.27. The van der Waals surface area contributed by atoms with Crippen LogP contribution in [0.4, 0.5) is 51.2 Å². The minimum atomic E-state index is 0.993. The van der Waals surface area contributed by atoms with Crippen molar-refractivity contribution in [3.8, 4) is 22.3 Å². The molecule has 1 aromatic heterocycles. The molecule has 5 heteroatoms. The molecule has 0 aliphatic heterocycles. The first-order valence-electron chi connectivity index (χ1n) is 21.8. The molecule has 0 fully saturated rings. The molecule has 0 saturated carbocycles. The summed E-state index contributed by atoms with van der Waals surface area (Å²) in [5.74, 6) is 0. The summed E-state index contributed by atoms with van der Waals surface area (Å²) in [5.41, 5.74) is 13.9. The second-order valence-corrected chi connectivity index (χ2v) is 17.9. The molecule has 11 aromatic rings. The van der Waals surface area contributed by atoms with Crippen LogP contribution in [0.25, 0.3) is 42.4 Å². The number of benzene rings is 10. The number of hydrogen-bond donors (Lipinski definition) is 0. The Hall–Kier alpha value is -7.70. The Labute approximate surface area is 392 Å². The normalized spacial score (nSPS) is 11.2. The van der Waals surface area contributed by atoms with E-state index in [1.807, 2.05) is 11.3 Å². The SMILES string of the molecule is Brc1cccc(N(c2cc(N(c3ccccc3)c3ccccc3)cc(N(c3ccccc3)c3cccc4sc5ccccc5c34)c2)c2c(-c3ccccc3)cccc2-c2ccccc2)c1. The van der Waals surface area contributed by atoms with Crippen molar-refractivity contribution >= 4 is 98.6 Å². The number of halogens is 1. The van der Waals surface area contributed by atoms with Gasteiger partial charge in [0, 0.05) is 58.5 Å². The van der Waals surface area contributed by atoms with E-state index in [1.54, 1.807) is 0 Å². The van der Waals surface area contributed by atoms with E-state index >= 15 is 0 Å². The maximum absolute atomic E-state index is 3.90. The second kappa shape index (κ2) is 17.8. The molecule has 0 atom stereocenters. The first-order valence-corrected chi connectivity index (χ1v) is 23.4. The van der Waals surface area contributed by atoms with E-state index < -0.39 is 0 Å². The minimum absolute atomic E-state index is 0.993. The summed E-state index contributed by atoms with van der Waals surface area (Å²) in [6, 6.07) is 91.7. The van der Waals surface area contributed by atoms with Gasteiger partial charge in [0.2, 0.25) is 0 Å². The fourth-order valence-corrected chi connectivity index (χ4v) is 10.5. The lowest BCUT2D eigenvalue weighted by atomic mass is 9.94. The highest BCUT2D eigenvalue weighted by atomic mass is 79.9. The Kier molecular flexibility index (Phi) is 11.0. The van der Waals surface area contributed by atoms with Gasteiger partial charge in [-0.25, -0.2) is 0 Å². The topological polar surface area (TPSA) is 9.72 Å². The van der Waals surface area contributed by atoms with Crippen LogP contribution in [0.5, 0.6) is 0 Å². The third-order valence-electron chi connectivity index (χ3n) is 11.8. The van der Waals surface area contributed by atoms with Crippen molar-refractivity contribution in [1.82, 2.24) is 0 Å². The number of para-hydroxylation sites is 4. The summed E-state index contributed by atoms with van der Waals surface area (Å²) in [6.07, 6.45) is 0. The molecule has 310 valence electrons. The zero-order valence-electron chi connectivity index (χ0n) is 35.4. The minimum Gasteiger partial charge on any atom is -0.310 e. The van der Waals surface area contributed by atoms with Gasteiger partial charge < -0.3 is 14.7 Å². The van der Waals surface area contributed by atoms with Gasteiger partial charge in [-0.05, 0) is 102 Å². The van der Waals surface area contributed by atoms with Crippen LogP contribution >= 0.6 is 27.3 Å². The van der Waals surface area contributed by atoms with E-state index in [1.165, 1.54) is 20.2 Å². The van der Waals surface area contributed by atoms with Crippen molar-refractivity contribution in [1.29, 1.82) is 0 Å². The summed E-state index contributed by atoms with van der Waals surface area (Å²) < 4.78 is 3.51. The third-order valence-corrected chi connectivity index (χ3v) is 13.5. The van der Waals surface area contributed by atoms with Gasteiger partial charge in [-0.2, -0.15) is 0 Å². The van der Waals surface area contributed by atoms with Gasteiger partial charge in [-0.15, -0.1) is 11.3 Å². The third kappa shape index (κ3) is 7.86. The molecule has 3 nitrogen and oxygen atoms in total. The van der Waals surface area contributed by atoms with Crippen molar-refractivity contribution in [2.45, 2.75) is 0 Å². The number of thiophene rings is 1. The molecule has 0 N–H and O–H groups in total. The molecule has 0 radical (unpaired) electrons. The molecular formula is C60H42BrN3S. The second-order valence-electron chi connectivity index (χ2n) is 15.9. The van der Waals surface area contributed by atoms with Crippen molar-refractivity contribution in [2.75, 3.05) is 14.7 Å². The maximum Gasteiger partial charge on any atom is 0.0618 e. The Morgan fingerprint density at radius 3 is 1.31 bits per heavy atom. The molecule has 0 aliphatic carbocycles. The standard InChI is InChI=1S/C60H42BrN3S/c61-45-25-18-32-49(39-45)64(60-53(43-21-6-1-7-22-43)34-19-35-54(60)44-23-8-2-9-24-44)52-41-50(62(46-26-10-3-11-27-46)47-28-12-4-13-29-47)40-51(42-52)63(48-30-14-5-15-31-48)56-36-20-38-58-59(56)55-33-16-17-37-57(55)65-58/h1-42H. The molecule has 65 heavy (non-hydrogen) atoms. The first-order chi connectivity index (χ1) is 32.2. The van der Waals surface area contributed by atoms with E-state index in [-0.39, 0.29) is 0 Å². The zero-order valence-corrected chi connectivity index (χ0v) is 37.8. The average Bonchev–Trinajstić information content (AvgIpc) is 3.76. The monoisotopic (exact) mass is 915 g/mol. The maximum atomic E-state index is 3.90. The van der Waals surface area contributed by atoms with E-state index in [2.05, 4.69) is 285 Å². The van der Waals surface area contributed by atoms with Crippen LogP contribution in [-0.4, -0.2) is 0 Å². The number of hydrogen-bond acceptors (Lipinski definition) is 4. The first kappa shape index (κ1) is 40.1. The van der Waals surface area contributed by atoms with Gasteiger partial charge >= 0.3 is 0 Å². The number of nitrogens with zero attached hydrogens (tertiary/aromatic N) is 3. The van der Waals surface area contributed by atoms with Crippen LogP contribution in [0.1, 0.15) is 0 Å². The number of rotatable bonds is 11. The Balaban J connectivity index is 1.27. The predicted molar refractivity (Wildman–Crippen MR) is 282 cm³/mol. The quantitative estimate of drug-likeness (QED) is 0.128. The van der Waals surface area contributed by atoms with Crippen molar-refractivity contribution in [3.05, 3.63) is 259 Å². The highest BCUT2D eigenvalue weighted by Crippen LogP contribution is 2.52. The molecule has 0 unspecified atom stereocenters. The zero-order chi connectivity index (χ0) is 43.5. The lowest BCUT2D eigenvalue weighted by Gasteiger charge is -2.34. The van der Waals surface area contributed by atoms with Gasteiger partial charge in [0.1, 0.15) is 0 Å². The van der Waals surface area contributed by atoms with E-state index in [4.69, 9.17) is 0 Å². The summed E-state index contributed by atoms with van der Waals surface area (Å²) in [4.78, 5) is 7.28. The molecule has 0 spiro atoms. The van der Waals surface area contributed by atoms with Crippen molar-refractivity contribution in [2.24, 2.45) is 0 Å². The van der Waals surface area contributed by atoms with Crippen LogP contribution < -0.4 is 14.7 Å². The molecule has 10 aromatic carbocycles. The summed E-state index contributed by atoms with van der Waals surface area (Å²) >= 11 is 5.74. The molecule has 0 bridgehead atoms. The van der Waals surface area contributed by atoms with Gasteiger partial charge in [-0.3, -0.25) is 0 Å². The van der Waals surface area contributed by atoms with E-state index in [9.17, 15) is 0 Å². The van der Waals surface area contributed by atoms with Gasteiger partial charge in [-0.1, -0.05) is 180 Å². The van der Waals surface area contributed by atoms with Gasteiger partial charge in [0.15, 0.2) is 0 Å². The lowest BCUT2D eigenvalue weighted by molar-refractivity contribution is 1.22. The molecule has 0 amide bonds. The Bertz CT molecular complexity index is 3300. The average molecular weight is 917 g/mol. The van der Waals surface area contributed by atoms with Crippen LogP contribution in [0, 0.1) is 0 Å². The molecular weight excluding hydrogens is 875 g/mol. The largest absolute Gasteiger partial charge is 0.310 e. The van der Waals surface area contributed by atoms with Crippen molar-refractivity contribution < 1.29 is 0 Å². The predicted octanol–water partition coefficient (Wildman–Crippen LogP) is 18.6. The summed E-state index contributed by atoms with van der Waals surface area (Å²) in [6.45, 7) is 0. The lowest BCUT2D eigenvalue weighted by Crippen LogP contribution is -2.17. The smallest absolute Gasteiger partial charge is 0.0618 e. The van der Waals surface area contributed by atoms with Crippen LogP contribution in [0.3, 0.4) is 0 Å². The summed E-state index contributed by atoms with van der Waals surface area (Å²) in [7, 11) is 0. The molecule has 0 aliphatic rings. The van der Waals surface area contributed by atoms with Crippen LogP contribution in [-0.2, 0) is 0 Å². The van der Waals surface area contributed by atoms with Gasteiger partial charge in [0.25, 0.3) is 0 Å². The Morgan fingerprint density at radius 1 is 0.308 bits per heavy atom. The van der Waals surface area contributed by atoms with Crippen molar-refractivity contribution in [3.63, 3.8) is 0 Å². The summed E-state index contributed by atoms with van der Waals surface area (Å²) in [5, 5.41) is 2.48. The highest BCUT2D eigenvalue weighted by molar-refractivity contribution is 9.10. The Morgan fingerprint density at radius 2 is 0.738 bits per heavy atom. The molecule has 1 heterocycles. The molecule has 0 saturated heterocycles. The molecule has 11 rings (SSSR count). The van der Waals surface area contributed by atoms with E-state index in [0.717, 1.165) is 77.9 Å². The van der Waals surface area contributed by atoms with Gasteiger partial charge in [0.05, 0.1) is 28.4 Å². The fraction of sp³-hybridized carbons (Fsp3) is 0. The fourth-order valence-electron chi connectivity index (χ4n) is 9.02. The van der Waals surface area contributed by atoms with E-state index in [0.29, 0.717) is 0 Å². The number of anilines is 9.